The van der Waals surface area contributed by atoms with Gasteiger partial charge in [0.15, 0.2) is 5.82 Å². The lowest BCUT2D eigenvalue weighted by molar-refractivity contribution is 0.683. The Hall–Kier alpha value is -1.91. The molecule has 3 rings (SSSR count). The summed E-state index contributed by atoms with van der Waals surface area (Å²) in [5.74, 6) is 3.38. The summed E-state index contributed by atoms with van der Waals surface area (Å²) in [6.45, 7) is 6.23. The molecule has 5 heteroatoms. The summed E-state index contributed by atoms with van der Waals surface area (Å²) < 4.78 is 2.17. The van der Waals surface area contributed by atoms with Gasteiger partial charge in [0.05, 0.1) is 0 Å². The van der Waals surface area contributed by atoms with Gasteiger partial charge in [0, 0.05) is 37.5 Å². The molecule has 0 saturated heterocycles. The Kier molecular flexibility index (Phi) is 4.18. The molecule has 0 radical (unpaired) electrons. The van der Waals surface area contributed by atoms with Gasteiger partial charge in [-0.15, -0.1) is 0 Å². The molecule has 0 aromatic carbocycles. The van der Waals surface area contributed by atoms with E-state index >= 15 is 0 Å². The molecule has 0 aliphatic heterocycles. The van der Waals surface area contributed by atoms with Crippen LogP contribution in [0, 0.1) is 0 Å². The van der Waals surface area contributed by atoms with Gasteiger partial charge in [0.25, 0.3) is 0 Å². The van der Waals surface area contributed by atoms with E-state index in [0.717, 1.165) is 49.1 Å². The molecule has 21 heavy (non-hydrogen) atoms. The number of aryl methyl sites for hydroxylation is 1. The summed E-state index contributed by atoms with van der Waals surface area (Å²) >= 11 is 0. The maximum atomic E-state index is 4.75. The highest BCUT2D eigenvalue weighted by Crippen LogP contribution is 2.39. The molecule has 5 nitrogen and oxygen atoms in total. The largest absolute Gasteiger partial charge is 0.370 e. The highest BCUT2D eigenvalue weighted by Gasteiger charge is 2.27. The van der Waals surface area contributed by atoms with Crippen LogP contribution in [0.25, 0.3) is 11.5 Å². The van der Waals surface area contributed by atoms with Gasteiger partial charge in [-0.2, -0.15) is 0 Å². The lowest BCUT2D eigenvalue weighted by Crippen LogP contribution is -2.07. The molecule has 1 saturated carbocycles. The van der Waals surface area contributed by atoms with Crippen molar-refractivity contribution in [2.24, 2.45) is 0 Å². The summed E-state index contributed by atoms with van der Waals surface area (Å²) in [6.07, 6.45) is 8.47. The first kappa shape index (κ1) is 14.0. The Morgan fingerprint density at radius 2 is 2.10 bits per heavy atom. The van der Waals surface area contributed by atoms with Crippen molar-refractivity contribution in [2.75, 3.05) is 11.9 Å². The van der Waals surface area contributed by atoms with Crippen molar-refractivity contribution in [2.45, 2.75) is 52.0 Å². The highest BCUT2D eigenvalue weighted by atomic mass is 15.1. The van der Waals surface area contributed by atoms with E-state index < -0.39 is 0 Å². The smallest absolute Gasteiger partial charge is 0.158 e. The van der Waals surface area contributed by atoms with E-state index in [1.54, 1.807) is 0 Å². The molecule has 0 atom stereocenters. The number of rotatable bonds is 7. The van der Waals surface area contributed by atoms with E-state index in [0.29, 0.717) is 5.92 Å². The highest BCUT2D eigenvalue weighted by molar-refractivity contribution is 5.56. The zero-order chi connectivity index (χ0) is 14.7. The summed E-state index contributed by atoms with van der Waals surface area (Å²) in [5, 5.41) is 3.38. The summed E-state index contributed by atoms with van der Waals surface area (Å²) in [5.41, 5.74) is 0.934. The molecule has 1 N–H and O–H groups in total. The molecule has 2 heterocycles. The average Bonchev–Trinajstić information content (AvgIpc) is 3.25. The molecule has 0 bridgehead atoms. The van der Waals surface area contributed by atoms with E-state index in [1.807, 2.05) is 18.5 Å². The van der Waals surface area contributed by atoms with Gasteiger partial charge in [0.2, 0.25) is 0 Å². The molecular weight excluding hydrogens is 262 g/mol. The van der Waals surface area contributed by atoms with Gasteiger partial charge in [-0.25, -0.2) is 15.0 Å². The van der Waals surface area contributed by atoms with Gasteiger partial charge in [-0.3, -0.25) is 0 Å². The van der Waals surface area contributed by atoms with Crippen LogP contribution in [0.1, 0.15) is 51.3 Å². The van der Waals surface area contributed by atoms with Crippen LogP contribution in [-0.4, -0.2) is 26.1 Å². The van der Waals surface area contributed by atoms with Crippen LogP contribution in [0.2, 0.25) is 0 Å². The van der Waals surface area contributed by atoms with Crippen molar-refractivity contribution in [1.29, 1.82) is 0 Å². The first-order chi connectivity index (χ1) is 10.3. The number of aromatic nitrogens is 4. The Bertz CT molecular complexity index is 600. The summed E-state index contributed by atoms with van der Waals surface area (Å²) in [6, 6.07) is 2.02. The van der Waals surface area contributed by atoms with Crippen LogP contribution >= 0.6 is 0 Å². The van der Waals surface area contributed by atoms with Crippen LogP contribution in [0.5, 0.6) is 0 Å². The number of hydrogen-bond donors (Lipinski definition) is 1. The maximum absolute atomic E-state index is 4.75. The van der Waals surface area contributed by atoms with Crippen LogP contribution in [0.15, 0.2) is 18.5 Å². The van der Waals surface area contributed by atoms with E-state index in [4.69, 9.17) is 4.98 Å². The fourth-order valence-corrected chi connectivity index (χ4v) is 2.41. The third kappa shape index (κ3) is 3.23. The fourth-order valence-electron chi connectivity index (χ4n) is 2.41. The molecular formula is C16H23N5. The molecule has 0 unspecified atom stereocenters. The van der Waals surface area contributed by atoms with Crippen LogP contribution in [0.4, 0.5) is 5.82 Å². The third-order valence-electron chi connectivity index (χ3n) is 3.65. The lowest BCUT2D eigenvalue weighted by atomic mass is 10.3. The van der Waals surface area contributed by atoms with Crippen molar-refractivity contribution in [3.8, 4) is 11.5 Å². The second-order valence-electron chi connectivity index (χ2n) is 5.64. The molecule has 1 aliphatic carbocycles. The monoisotopic (exact) mass is 285 g/mol. The summed E-state index contributed by atoms with van der Waals surface area (Å²) in [4.78, 5) is 13.9. The minimum Gasteiger partial charge on any atom is -0.370 e. The van der Waals surface area contributed by atoms with Crippen molar-refractivity contribution in [1.82, 2.24) is 19.5 Å². The van der Waals surface area contributed by atoms with E-state index in [1.165, 1.54) is 12.8 Å². The first-order valence-electron chi connectivity index (χ1n) is 7.96. The molecule has 112 valence electrons. The van der Waals surface area contributed by atoms with E-state index in [-0.39, 0.29) is 0 Å². The molecule has 1 fully saturated rings. The van der Waals surface area contributed by atoms with Crippen LogP contribution in [-0.2, 0) is 6.54 Å². The second-order valence-corrected chi connectivity index (χ2v) is 5.64. The number of imidazole rings is 1. The number of anilines is 1. The van der Waals surface area contributed by atoms with Crippen molar-refractivity contribution in [3.05, 3.63) is 24.3 Å². The molecule has 0 amide bonds. The molecule has 1 aliphatic rings. The van der Waals surface area contributed by atoms with Crippen molar-refractivity contribution < 1.29 is 0 Å². The normalized spacial score (nSPS) is 14.4. The van der Waals surface area contributed by atoms with Crippen LogP contribution in [0.3, 0.4) is 0 Å². The average molecular weight is 285 g/mol. The van der Waals surface area contributed by atoms with Gasteiger partial charge in [-0.1, -0.05) is 13.8 Å². The molecule has 2 aromatic rings. The number of nitrogens with zero attached hydrogens (tertiary/aromatic N) is 4. The fraction of sp³-hybridized carbons (Fsp3) is 0.562. The van der Waals surface area contributed by atoms with Crippen LogP contribution < -0.4 is 5.32 Å². The topological polar surface area (TPSA) is 55.6 Å². The van der Waals surface area contributed by atoms with Crippen molar-refractivity contribution in [3.63, 3.8) is 0 Å². The Morgan fingerprint density at radius 1 is 1.24 bits per heavy atom. The number of hydrogen-bond acceptors (Lipinski definition) is 4. The standard InChI is InChI=1S/C16H23N5/c1-3-7-17-14-11-13(19-15(20-14)12-5-6-12)16-18-8-10-21(16)9-4-2/h8,10-12H,3-7,9H2,1-2H3,(H,17,19,20). The van der Waals surface area contributed by atoms with Gasteiger partial charge in [-0.05, 0) is 25.7 Å². The van der Waals surface area contributed by atoms with E-state index in [9.17, 15) is 0 Å². The Balaban J connectivity index is 1.95. The van der Waals surface area contributed by atoms with Crippen molar-refractivity contribution >= 4 is 5.82 Å². The zero-order valence-corrected chi connectivity index (χ0v) is 12.8. The Morgan fingerprint density at radius 3 is 2.81 bits per heavy atom. The lowest BCUT2D eigenvalue weighted by Gasteiger charge is -2.10. The summed E-state index contributed by atoms with van der Waals surface area (Å²) in [7, 11) is 0. The maximum Gasteiger partial charge on any atom is 0.158 e. The van der Waals surface area contributed by atoms with Gasteiger partial charge >= 0.3 is 0 Å². The Labute approximate surface area is 125 Å². The van der Waals surface area contributed by atoms with Gasteiger partial charge < -0.3 is 9.88 Å². The van der Waals surface area contributed by atoms with E-state index in [2.05, 4.69) is 33.7 Å². The minimum atomic E-state index is 0.543. The SMILES string of the molecule is CCCNc1cc(-c2nccn2CCC)nc(C2CC2)n1. The van der Waals surface area contributed by atoms with Gasteiger partial charge in [0.1, 0.15) is 17.3 Å². The zero-order valence-electron chi connectivity index (χ0n) is 12.8. The predicted molar refractivity (Wildman–Crippen MR) is 84.3 cm³/mol. The number of nitrogens with one attached hydrogen (secondary N) is 1. The molecule has 2 aromatic heterocycles. The first-order valence-corrected chi connectivity index (χ1v) is 7.96. The quantitative estimate of drug-likeness (QED) is 0.846. The minimum absolute atomic E-state index is 0.543. The third-order valence-corrected chi connectivity index (χ3v) is 3.65. The second kappa shape index (κ2) is 6.24. The predicted octanol–water partition coefficient (Wildman–Crippen LogP) is 3.45. The molecule has 0 spiro atoms.